The maximum Gasteiger partial charge on any atom is 0.308 e. The molecule has 0 spiro atoms. The highest BCUT2D eigenvalue weighted by molar-refractivity contribution is 5.69. The lowest BCUT2D eigenvalue weighted by molar-refractivity contribution is -0.146. The molecular formula is C11H20O4. The van der Waals surface area contributed by atoms with Gasteiger partial charge in [0.2, 0.25) is 0 Å². The Morgan fingerprint density at radius 1 is 1.60 bits per heavy atom. The van der Waals surface area contributed by atoms with Gasteiger partial charge in [0.25, 0.3) is 0 Å². The molecule has 88 valence electrons. The monoisotopic (exact) mass is 216 g/mol. The molecule has 0 N–H and O–H groups in total. The van der Waals surface area contributed by atoms with Gasteiger partial charge in [0, 0.05) is 12.5 Å². The number of carbonyl (C=O) groups excluding carboxylic acids is 1. The number of hydrogen-bond donors (Lipinski definition) is 0. The van der Waals surface area contributed by atoms with Crippen molar-refractivity contribution < 1.29 is 19.0 Å². The van der Waals surface area contributed by atoms with E-state index >= 15 is 0 Å². The molecule has 1 fully saturated rings. The molecule has 0 aromatic heterocycles. The predicted molar refractivity (Wildman–Crippen MR) is 55.6 cm³/mol. The van der Waals surface area contributed by atoms with Crippen LogP contribution in [0.3, 0.4) is 0 Å². The fourth-order valence-electron chi connectivity index (χ4n) is 1.53. The van der Waals surface area contributed by atoms with Crippen LogP contribution >= 0.6 is 0 Å². The van der Waals surface area contributed by atoms with Crippen molar-refractivity contribution in [1.82, 2.24) is 0 Å². The summed E-state index contributed by atoms with van der Waals surface area (Å²) in [5.41, 5.74) is 0. The maximum absolute atomic E-state index is 11.1. The normalized spacial score (nSPS) is 22.7. The van der Waals surface area contributed by atoms with Crippen LogP contribution in [0.25, 0.3) is 0 Å². The van der Waals surface area contributed by atoms with Crippen LogP contribution in [0.5, 0.6) is 0 Å². The van der Waals surface area contributed by atoms with E-state index in [0.717, 1.165) is 19.6 Å². The van der Waals surface area contributed by atoms with Crippen molar-refractivity contribution >= 4 is 5.97 Å². The van der Waals surface area contributed by atoms with E-state index in [-0.39, 0.29) is 12.1 Å². The summed E-state index contributed by atoms with van der Waals surface area (Å²) in [6.07, 6.45) is 1.33. The molecule has 2 atom stereocenters. The topological polar surface area (TPSA) is 44.8 Å². The average molecular weight is 216 g/mol. The lowest BCUT2D eigenvalue weighted by atomic mass is 10.1. The van der Waals surface area contributed by atoms with Crippen molar-refractivity contribution in [1.29, 1.82) is 0 Å². The van der Waals surface area contributed by atoms with Crippen LogP contribution in [-0.2, 0) is 19.0 Å². The zero-order chi connectivity index (χ0) is 11.1. The molecule has 0 aromatic carbocycles. The first-order chi connectivity index (χ1) is 7.22. The number of esters is 1. The molecular weight excluding hydrogens is 196 g/mol. The van der Waals surface area contributed by atoms with Gasteiger partial charge in [-0.05, 0) is 20.3 Å². The van der Waals surface area contributed by atoms with E-state index < -0.39 is 0 Å². The van der Waals surface area contributed by atoms with Crippen LogP contribution in [0.2, 0.25) is 0 Å². The lowest BCUT2D eigenvalue weighted by Gasteiger charge is -2.14. The van der Waals surface area contributed by atoms with Crippen LogP contribution in [0.1, 0.15) is 26.7 Å². The Morgan fingerprint density at radius 3 is 3.00 bits per heavy atom. The molecule has 0 radical (unpaired) electrons. The number of carbonyl (C=O) groups is 1. The molecule has 0 aliphatic carbocycles. The molecule has 0 saturated carbocycles. The molecule has 1 heterocycles. The predicted octanol–water partition coefficient (Wildman–Crippen LogP) is 1.38. The van der Waals surface area contributed by atoms with Crippen molar-refractivity contribution in [2.45, 2.75) is 32.8 Å². The van der Waals surface area contributed by atoms with Crippen molar-refractivity contribution in [3.05, 3.63) is 0 Å². The van der Waals surface area contributed by atoms with Gasteiger partial charge in [-0.1, -0.05) is 0 Å². The molecule has 2 unspecified atom stereocenters. The number of ether oxygens (including phenoxy) is 3. The van der Waals surface area contributed by atoms with Gasteiger partial charge in [0.05, 0.1) is 32.3 Å². The van der Waals surface area contributed by atoms with Gasteiger partial charge in [-0.2, -0.15) is 0 Å². The summed E-state index contributed by atoms with van der Waals surface area (Å²) in [6.45, 7) is 6.43. The van der Waals surface area contributed by atoms with Crippen LogP contribution in [0.15, 0.2) is 0 Å². The second-order valence-corrected chi connectivity index (χ2v) is 3.88. The standard InChI is InChI=1S/C11H20O4/c1-3-14-11(12)6-9(2)15-8-10-4-5-13-7-10/h9-10H,3-8H2,1-2H3. The smallest absolute Gasteiger partial charge is 0.308 e. The second kappa shape index (κ2) is 6.80. The first kappa shape index (κ1) is 12.5. The summed E-state index contributed by atoms with van der Waals surface area (Å²) < 4.78 is 15.6. The summed E-state index contributed by atoms with van der Waals surface area (Å²) in [7, 11) is 0. The van der Waals surface area contributed by atoms with Crippen LogP contribution in [0, 0.1) is 5.92 Å². The molecule has 1 rings (SSSR count). The fraction of sp³-hybridized carbons (Fsp3) is 0.909. The highest BCUT2D eigenvalue weighted by Crippen LogP contribution is 2.13. The zero-order valence-electron chi connectivity index (χ0n) is 9.53. The Labute approximate surface area is 90.9 Å². The summed E-state index contributed by atoms with van der Waals surface area (Å²) >= 11 is 0. The lowest BCUT2D eigenvalue weighted by Crippen LogP contribution is -2.20. The summed E-state index contributed by atoms with van der Waals surface area (Å²) in [6, 6.07) is 0. The molecule has 0 amide bonds. The minimum absolute atomic E-state index is 0.0651. The quantitative estimate of drug-likeness (QED) is 0.629. The molecule has 1 aliphatic heterocycles. The largest absolute Gasteiger partial charge is 0.466 e. The summed E-state index contributed by atoms with van der Waals surface area (Å²) in [5.74, 6) is 0.308. The Morgan fingerprint density at radius 2 is 2.40 bits per heavy atom. The third-order valence-electron chi connectivity index (χ3n) is 2.40. The zero-order valence-corrected chi connectivity index (χ0v) is 9.53. The molecule has 4 heteroatoms. The van der Waals surface area contributed by atoms with Crippen molar-refractivity contribution in [3.63, 3.8) is 0 Å². The van der Waals surface area contributed by atoms with Crippen LogP contribution in [-0.4, -0.2) is 38.5 Å². The first-order valence-electron chi connectivity index (χ1n) is 5.57. The van der Waals surface area contributed by atoms with Gasteiger partial charge in [0.15, 0.2) is 0 Å². The van der Waals surface area contributed by atoms with E-state index in [2.05, 4.69) is 0 Å². The van der Waals surface area contributed by atoms with Gasteiger partial charge >= 0.3 is 5.97 Å². The molecule has 1 aliphatic rings. The highest BCUT2D eigenvalue weighted by Gasteiger charge is 2.18. The average Bonchev–Trinajstić information content (AvgIpc) is 2.67. The third kappa shape index (κ3) is 5.14. The Hall–Kier alpha value is -0.610. The minimum atomic E-state index is -0.187. The van der Waals surface area contributed by atoms with Crippen LogP contribution in [0.4, 0.5) is 0 Å². The first-order valence-corrected chi connectivity index (χ1v) is 5.57. The Kier molecular flexibility index (Phi) is 5.65. The highest BCUT2D eigenvalue weighted by atomic mass is 16.5. The third-order valence-corrected chi connectivity index (χ3v) is 2.40. The van der Waals surface area contributed by atoms with Gasteiger partial charge in [0.1, 0.15) is 0 Å². The minimum Gasteiger partial charge on any atom is -0.466 e. The molecule has 1 saturated heterocycles. The van der Waals surface area contributed by atoms with Crippen molar-refractivity contribution in [3.8, 4) is 0 Å². The fourth-order valence-corrected chi connectivity index (χ4v) is 1.53. The van der Waals surface area contributed by atoms with E-state index in [0.29, 0.717) is 25.6 Å². The maximum atomic E-state index is 11.1. The van der Waals surface area contributed by atoms with E-state index in [1.165, 1.54) is 0 Å². The molecule has 0 bridgehead atoms. The number of hydrogen-bond acceptors (Lipinski definition) is 4. The molecule has 15 heavy (non-hydrogen) atoms. The summed E-state index contributed by atoms with van der Waals surface area (Å²) in [5, 5.41) is 0. The van der Waals surface area contributed by atoms with Crippen LogP contribution < -0.4 is 0 Å². The van der Waals surface area contributed by atoms with Crippen molar-refractivity contribution in [2.24, 2.45) is 5.92 Å². The van der Waals surface area contributed by atoms with E-state index in [4.69, 9.17) is 14.2 Å². The van der Waals surface area contributed by atoms with Gasteiger partial charge in [-0.25, -0.2) is 0 Å². The second-order valence-electron chi connectivity index (χ2n) is 3.88. The van der Waals surface area contributed by atoms with Crippen molar-refractivity contribution in [2.75, 3.05) is 26.4 Å². The van der Waals surface area contributed by atoms with E-state index in [9.17, 15) is 4.79 Å². The SMILES string of the molecule is CCOC(=O)CC(C)OCC1CCOC1. The van der Waals surface area contributed by atoms with E-state index in [1.54, 1.807) is 6.92 Å². The number of rotatable bonds is 6. The Balaban J connectivity index is 2.06. The van der Waals surface area contributed by atoms with E-state index in [1.807, 2.05) is 6.92 Å². The summed E-state index contributed by atoms with van der Waals surface area (Å²) in [4.78, 5) is 11.1. The van der Waals surface area contributed by atoms with Gasteiger partial charge in [-0.15, -0.1) is 0 Å². The van der Waals surface area contributed by atoms with Gasteiger partial charge < -0.3 is 14.2 Å². The molecule has 4 nitrogen and oxygen atoms in total. The Bertz CT molecular complexity index is 187. The van der Waals surface area contributed by atoms with Gasteiger partial charge in [-0.3, -0.25) is 4.79 Å². The molecule has 0 aromatic rings.